The predicted octanol–water partition coefficient (Wildman–Crippen LogP) is 2.41. The molecule has 0 aliphatic heterocycles. The summed E-state index contributed by atoms with van der Waals surface area (Å²) in [6.07, 6.45) is 4.44. The largest absolute Gasteiger partial charge is 0.301 e. The number of nitrogens with one attached hydrogen (secondary N) is 1. The minimum atomic E-state index is -0.0374. The molecule has 0 fully saturated rings. The Labute approximate surface area is 86.1 Å². The van der Waals surface area contributed by atoms with Gasteiger partial charge in [0.1, 0.15) is 0 Å². The lowest BCUT2D eigenvalue weighted by Crippen LogP contribution is -2.40. The molecule has 3 heteroatoms. The van der Waals surface area contributed by atoms with Crippen molar-refractivity contribution in [1.82, 2.24) is 5.32 Å². The average molecular weight is 200 g/mol. The van der Waals surface area contributed by atoms with E-state index in [1.54, 1.807) is 0 Å². The van der Waals surface area contributed by atoms with E-state index >= 15 is 0 Å². The fourth-order valence-corrected chi connectivity index (χ4v) is 2.05. The number of nitrogens with zero attached hydrogens (tertiary/aromatic N) is 1. The van der Waals surface area contributed by atoms with Crippen LogP contribution in [0.1, 0.15) is 33.6 Å². The molecule has 0 aliphatic rings. The summed E-state index contributed by atoms with van der Waals surface area (Å²) in [5, 5.41) is 11.9. The van der Waals surface area contributed by atoms with Crippen LogP contribution in [-0.2, 0) is 0 Å². The fourth-order valence-electron chi connectivity index (χ4n) is 1.25. The van der Waals surface area contributed by atoms with Gasteiger partial charge >= 0.3 is 0 Å². The Kier molecular flexibility index (Phi) is 6.19. The third-order valence-electron chi connectivity index (χ3n) is 2.65. The first-order valence-corrected chi connectivity index (χ1v) is 6.04. The molecule has 0 saturated heterocycles. The van der Waals surface area contributed by atoms with Crippen molar-refractivity contribution in [2.45, 2.75) is 44.4 Å². The molecule has 13 heavy (non-hydrogen) atoms. The van der Waals surface area contributed by atoms with Crippen molar-refractivity contribution in [3.05, 3.63) is 0 Å². The summed E-state index contributed by atoms with van der Waals surface area (Å²) in [5.41, 5.74) is 0. The molecule has 0 spiro atoms. The molecule has 0 aliphatic carbocycles. The van der Waals surface area contributed by atoms with Crippen LogP contribution in [0.2, 0.25) is 0 Å². The van der Waals surface area contributed by atoms with Crippen LogP contribution in [0.3, 0.4) is 0 Å². The maximum absolute atomic E-state index is 8.63. The minimum absolute atomic E-state index is 0.0374. The van der Waals surface area contributed by atoms with Crippen LogP contribution in [0.25, 0.3) is 0 Å². The Morgan fingerprint density at radius 2 is 2.00 bits per heavy atom. The number of thioether (sulfide) groups is 1. The fraction of sp³-hybridized carbons (Fsp3) is 0.900. The number of nitriles is 1. The van der Waals surface area contributed by atoms with Gasteiger partial charge in [-0.2, -0.15) is 17.0 Å². The molecule has 76 valence electrons. The van der Waals surface area contributed by atoms with E-state index in [1.165, 1.54) is 0 Å². The van der Waals surface area contributed by atoms with Gasteiger partial charge in [0.15, 0.2) is 0 Å². The van der Waals surface area contributed by atoms with Crippen molar-refractivity contribution in [2.75, 3.05) is 12.8 Å². The van der Waals surface area contributed by atoms with Crippen molar-refractivity contribution >= 4 is 11.8 Å². The Balaban J connectivity index is 4.04. The first kappa shape index (κ1) is 12.8. The van der Waals surface area contributed by atoms with Crippen LogP contribution >= 0.6 is 11.8 Å². The molecule has 0 amide bonds. The van der Waals surface area contributed by atoms with Crippen molar-refractivity contribution in [2.24, 2.45) is 0 Å². The Bertz CT molecular complexity index is 162. The zero-order chi connectivity index (χ0) is 10.3. The van der Waals surface area contributed by atoms with Crippen LogP contribution in [0.15, 0.2) is 0 Å². The van der Waals surface area contributed by atoms with E-state index in [4.69, 9.17) is 5.26 Å². The van der Waals surface area contributed by atoms with E-state index in [-0.39, 0.29) is 6.04 Å². The van der Waals surface area contributed by atoms with Gasteiger partial charge in [0, 0.05) is 11.3 Å². The topological polar surface area (TPSA) is 35.8 Å². The molecule has 0 saturated carbocycles. The highest BCUT2D eigenvalue weighted by Gasteiger charge is 2.24. The van der Waals surface area contributed by atoms with Crippen LogP contribution in [0.4, 0.5) is 0 Å². The molecule has 2 nitrogen and oxygen atoms in total. The molecular formula is C10H20N2S. The molecular weight excluding hydrogens is 180 g/mol. The lowest BCUT2D eigenvalue weighted by atomic mass is 10.0. The van der Waals surface area contributed by atoms with E-state index in [9.17, 15) is 0 Å². The highest BCUT2D eigenvalue weighted by molar-refractivity contribution is 8.00. The first-order chi connectivity index (χ1) is 6.14. The Morgan fingerprint density at radius 3 is 2.31 bits per heavy atom. The van der Waals surface area contributed by atoms with E-state index in [2.05, 4.69) is 31.5 Å². The molecule has 0 aromatic carbocycles. The average Bonchev–Trinajstić information content (AvgIpc) is 2.20. The monoisotopic (exact) mass is 200 g/mol. The maximum Gasteiger partial charge on any atom is 0.0924 e. The Morgan fingerprint density at radius 1 is 1.46 bits per heavy atom. The second kappa shape index (κ2) is 6.28. The van der Waals surface area contributed by atoms with Crippen molar-refractivity contribution in [3.8, 4) is 6.07 Å². The molecule has 0 aromatic heterocycles. The van der Waals surface area contributed by atoms with Crippen LogP contribution in [-0.4, -0.2) is 23.6 Å². The van der Waals surface area contributed by atoms with Crippen molar-refractivity contribution in [1.29, 1.82) is 5.26 Å². The smallest absolute Gasteiger partial charge is 0.0924 e. The van der Waals surface area contributed by atoms with E-state index in [0.29, 0.717) is 4.75 Å². The SMILES string of the molecule is CCC(CC)(CNC(C)C#N)SC. The van der Waals surface area contributed by atoms with Crippen LogP contribution in [0.5, 0.6) is 0 Å². The van der Waals surface area contributed by atoms with Crippen molar-refractivity contribution < 1.29 is 0 Å². The number of hydrogen-bond acceptors (Lipinski definition) is 3. The van der Waals surface area contributed by atoms with E-state index < -0.39 is 0 Å². The normalized spacial score (nSPS) is 13.8. The molecule has 0 bridgehead atoms. The quantitative estimate of drug-likeness (QED) is 0.715. The van der Waals surface area contributed by atoms with Gasteiger partial charge in [-0.15, -0.1) is 0 Å². The predicted molar refractivity (Wildman–Crippen MR) is 59.9 cm³/mol. The molecule has 0 aromatic rings. The van der Waals surface area contributed by atoms with E-state index in [0.717, 1.165) is 19.4 Å². The van der Waals surface area contributed by atoms with Gasteiger partial charge in [-0.05, 0) is 26.0 Å². The van der Waals surface area contributed by atoms with Gasteiger partial charge in [-0.3, -0.25) is 0 Å². The second-order valence-corrected chi connectivity index (χ2v) is 4.60. The summed E-state index contributed by atoms with van der Waals surface area (Å²) in [7, 11) is 0. The zero-order valence-corrected chi connectivity index (χ0v) is 9.87. The highest BCUT2D eigenvalue weighted by Crippen LogP contribution is 2.29. The van der Waals surface area contributed by atoms with Crippen LogP contribution in [0, 0.1) is 11.3 Å². The minimum Gasteiger partial charge on any atom is -0.301 e. The first-order valence-electron chi connectivity index (χ1n) is 4.82. The van der Waals surface area contributed by atoms with E-state index in [1.807, 2.05) is 18.7 Å². The van der Waals surface area contributed by atoms with Crippen molar-refractivity contribution in [3.63, 3.8) is 0 Å². The Hall–Kier alpha value is -0.200. The van der Waals surface area contributed by atoms with Gasteiger partial charge in [0.05, 0.1) is 12.1 Å². The lowest BCUT2D eigenvalue weighted by Gasteiger charge is -2.30. The molecule has 1 unspecified atom stereocenters. The third kappa shape index (κ3) is 4.02. The second-order valence-electron chi connectivity index (χ2n) is 3.33. The summed E-state index contributed by atoms with van der Waals surface area (Å²) in [6, 6.07) is 2.15. The molecule has 0 heterocycles. The summed E-state index contributed by atoms with van der Waals surface area (Å²) in [5.74, 6) is 0. The lowest BCUT2D eigenvalue weighted by molar-refractivity contribution is 0.483. The standard InChI is InChI=1S/C10H20N2S/c1-5-10(6-2,13-4)8-12-9(3)7-11/h9,12H,5-6,8H2,1-4H3. The zero-order valence-electron chi connectivity index (χ0n) is 9.05. The van der Waals surface area contributed by atoms with Gasteiger partial charge in [0.2, 0.25) is 0 Å². The molecule has 1 N–H and O–H groups in total. The maximum atomic E-state index is 8.63. The molecule has 0 radical (unpaired) electrons. The van der Waals surface area contributed by atoms with Gasteiger partial charge in [-0.25, -0.2) is 0 Å². The van der Waals surface area contributed by atoms with Gasteiger partial charge in [0.25, 0.3) is 0 Å². The summed E-state index contributed by atoms with van der Waals surface area (Å²) >= 11 is 1.90. The highest BCUT2D eigenvalue weighted by atomic mass is 32.2. The van der Waals surface area contributed by atoms with Gasteiger partial charge in [-0.1, -0.05) is 13.8 Å². The van der Waals surface area contributed by atoms with Gasteiger partial charge < -0.3 is 5.32 Å². The molecule has 1 atom stereocenters. The molecule has 0 rings (SSSR count). The van der Waals surface area contributed by atoms with Crippen LogP contribution < -0.4 is 5.32 Å². The third-order valence-corrected chi connectivity index (χ3v) is 4.23. The number of rotatable bonds is 6. The summed E-state index contributed by atoms with van der Waals surface area (Å²) in [4.78, 5) is 0. The number of hydrogen-bond donors (Lipinski definition) is 1. The summed E-state index contributed by atoms with van der Waals surface area (Å²) in [6.45, 7) is 7.24. The summed E-state index contributed by atoms with van der Waals surface area (Å²) < 4.78 is 0.311.